The highest BCUT2D eigenvalue weighted by molar-refractivity contribution is 5.17. The van der Waals surface area contributed by atoms with Crippen molar-refractivity contribution in [2.24, 2.45) is 0 Å². The number of nitrogens with one attached hydrogen (secondary N) is 1. The number of aromatic amines is 1. The predicted octanol–water partition coefficient (Wildman–Crippen LogP) is 2.18. The normalized spacial score (nSPS) is 21.0. The quantitative estimate of drug-likeness (QED) is 0.897. The standard InChI is InChI=1S/C14H18N4/c1-2-13(12-3-5-15-6-4-12)10-18(9-1)11-14-16-7-8-17-14/h3-8,13H,1-2,9-11H2,(H,16,17)/t13-/m1/s1. The molecule has 0 aliphatic carbocycles. The molecule has 1 N–H and O–H groups in total. The predicted molar refractivity (Wildman–Crippen MR) is 70.1 cm³/mol. The minimum absolute atomic E-state index is 0.636. The lowest BCUT2D eigenvalue weighted by atomic mass is 9.91. The smallest absolute Gasteiger partial charge is 0.120 e. The van der Waals surface area contributed by atoms with Crippen LogP contribution in [0.3, 0.4) is 0 Å². The summed E-state index contributed by atoms with van der Waals surface area (Å²) in [4.78, 5) is 14.0. The van der Waals surface area contributed by atoms with E-state index in [1.807, 2.05) is 24.8 Å². The van der Waals surface area contributed by atoms with Crippen LogP contribution in [0.1, 0.15) is 30.1 Å². The Labute approximate surface area is 107 Å². The summed E-state index contributed by atoms with van der Waals surface area (Å²) in [7, 11) is 0. The van der Waals surface area contributed by atoms with Crippen LogP contribution in [0.2, 0.25) is 0 Å². The molecule has 94 valence electrons. The Hall–Kier alpha value is -1.68. The lowest BCUT2D eigenvalue weighted by molar-refractivity contribution is 0.196. The Morgan fingerprint density at radius 1 is 1.28 bits per heavy atom. The summed E-state index contributed by atoms with van der Waals surface area (Å²) in [6.07, 6.45) is 10.0. The van der Waals surface area contributed by atoms with Crippen molar-refractivity contribution in [3.8, 4) is 0 Å². The molecule has 0 saturated carbocycles. The Balaban J connectivity index is 1.65. The van der Waals surface area contributed by atoms with E-state index in [2.05, 4.69) is 32.0 Å². The van der Waals surface area contributed by atoms with Crippen molar-refractivity contribution in [1.29, 1.82) is 0 Å². The summed E-state index contributed by atoms with van der Waals surface area (Å²) in [6.45, 7) is 3.21. The molecular formula is C14H18N4. The van der Waals surface area contributed by atoms with Gasteiger partial charge in [0, 0.05) is 31.3 Å². The molecule has 1 saturated heterocycles. The molecule has 0 radical (unpaired) electrons. The van der Waals surface area contributed by atoms with Crippen molar-refractivity contribution in [2.75, 3.05) is 13.1 Å². The van der Waals surface area contributed by atoms with E-state index in [4.69, 9.17) is 0 Å². The summed E-state index contributed by atoms with van der Waals surface area (Å²) >= 11 is 0. The molecule has 1 aliphatic heterocycles. The first-order chi connectivity index (χ1) is 8.92. The zero-order chi connectivity index (χ0) is 12.2. The minimum atomic E-state index is 0.636. The Kier molecular flexibility index (Phi) is 3.37. The number of aromatic nitrogens is 3. The van der Waals surface area contributed by atoms with Gasteiger partial charge in [0.1, 0.15) is 5.82 Å². The number of rotatable bonds is 3. The summed E-state index contributed by atoms with van der Waals surface area (Å²) in [5, 5.41) is 0. The third-order valence-electron chi connectivity index (χ3n) is 3.61. The van der Waals surface area contributed by atoms with E-state index in [0.29, 0.717) is 5.92 Å². The molecule has 1 fully saturated rings. The zero-order valence-corrected chi connectivity index (χ0v) is 10.4. The molecule has 2 aromatic heterocycles. The van der Waals surface area contributed by atoms with Crippen LogP contribution in [0.5, 0.6) is 0 Å². The average Bonchev–Trinajstić information content (AvgIpc) is 2.93. The van der Waals surface area contributed by atoms with Gasteiger partial charge in [0.05, 0.1) is 6.54 Å². The van der Waals surface area contributed by atoms with E-state index in [-0.39, 0.29) is 0 Å². The Morgan fingerprint density at radius 2 is 2.17 bits per heavy atom. The van der Waals surface area contributed by atoms with Crippen molar-refractivity contribution in [3.63, 3.8) is 0 Å². The molecule has 1 atom stereocenters. The number of piperidine rings is 1. The van der Waals surface area contributed by atoms with Crippen LogP contribution in [0.4, 0.5) is 0 Å². The van der Waals surface area contributed by atoms with Gasteiger partial charge in [-0.2, -0.15) is 0 Å². The SMILES string of the molecule is c1cc([C@@H]2CCCN(Cc3ncc[nH]3)C2)ccn1. The van der Waals surface area contributed by atoms with Gasteiger partial charge in [-0.25, -0.2) is 4.98 Å². The van der Waals surface area contributed by atoms with Gasteiger partial charge in [-0.1, -0.05) is 0 Å². The van der Waals surface area contributed by atoms with Crippen LogP contribution < -0.4 is 0 Å². The summed E-state index contributed by atoms with van der Waals surface area (Å²) in [6, 6.07) is 4.28. The lowest BCUT2D eigenvalue weighted by Crippen LogP contribution is -2.34. The van der Waals surface area contributed by atoms with Crippen molar-refractivity contribution in [1.82, 2.24) is 19.9 Å². The fraction of sp³-hybridized carbons (Fsp3) is 0.429. The van der Waals surface area contributed by atoms with Crippen molar-refractivity contribution in [3.05, 3.63) is 48.3 Å². The van der Waals surface area contributed by atoms with Gasteiger partial charge in [-0.3, -0.25) is 9.88 Å². The maximum atomic E-state index is 4.30. The summed E-state index contributed by atoms with van der Waals surface area (Å²) in [5.41, 5.74) is 1.41. The van der Waals surface area contributed by atoms with E-state index in [1.165, 1.54) is 24.9 Å². The number of H-pyrrole nitrogens is 1. The van der Waals surface area contributed by atoms with Crippen LogP contribution in [0.15, 0.2) is 36.9 Å². The molecule has 0 amide bonds. The fourth-order valence-corrected chi connectivity index (χ4v) is 2.70. The van der Waals surface area contributed by atoms with E-state index < -0.39 is 0 Å². The van der Waals surface area contributed by atoms with E-state index in [9.17, 15) is 0 Å². The molecule has 4 nitrogen and oxygen atoms in total. The van der Waals surface area contributed by atoms with Crippen LogP contribution >= 0.6 is 0 Å². The van der Waals surface area contributed by atoms with Crippen molar-refractivity contribution < 1.29 is 0 Å². The third-order valence-corrected chi connectivity index (χ3v) is 3.61. The number of hydrogen-bond acceptors (Lipinski definition) is 3. The molecule has 0 unspecified atom stereocenters. The minimum Gasteiger partial charge on any atom is -0.348 e. The van der Waals surface area contributed by atoms with E-state index in [0.717, 1.165) is 18.9 Å². The van der Waals surface area contributed by atoms with Gasteiger partial charge < -0.3 is 4.98 Å². The van der Waals surface area contributed by atoms with Gasteiger partial charge in [-0.15, -0.1) is 0 Å². The second-order valence-corrected chi connectivity index (χ2v) is 4.89. The molecule has 3 rings (SSSR count). The highest BCUT2D eigenvalue weighted by Gasteiger charge is 2.21. The zero-order valence-electron chi connectivity index (χ0n) is 10.4. The maximum Gasteiger partial charge on any atom is 0.120 e. The Morgan fingerprint density at radius 3 is 2.94 bits per heavy atom. The largest absolute Gasteiger partial charge is 0.348 e. The summed E-state index contributed by atoms with van der Waals surface area (Å²) < 4.78 is 0. The maximum absolute atomic E-state index is 4.30. The number of nitrogens with zero attached hydrogens (tertiary/aromatic N) is 3. The van der Waals surface area contributed by atoms with Crippen LogP contribution in [-0.2, 0) is 6.54 Å². The molecule has 3 heterocycles. The molecule has 1 aliphatic rings. The molecule has 4 heteroatoms. The topological polar surface area (TPSA) is 44.8 Å². The van der Waals surface area contributed by atoms with Gasteiger partial charge in [0.15, 0.2) is 0 Å². The first-order valence-corrected chi connectivity index (χ1v) is 6.52. The van der Waals surface area contributed by atoms with Gasteiger partial charge in [0.25, 0.3) is 0 Å². The van der Waals surface area contributed by atoms with Crippen molar-refractivity contribution >= 4 is 0 Å². The molecule has 0 bridgehead atoms. The summed E-state index contributed by atoms with van der Waals surface area (Å²) in [5.74, 6) is 1.70. The first-order valence-electron chi connectivity index (χ1n) is 6.52. The third kappa shape index (κ3) is 2.59. The molecule has 18 heavy (non-hydrogen) atoms. The van der Waals surface area contributed by atoms with Crippen LogP contribution in [0.25, 0.3) is 0 Å². The second-order valence-electron chi connectivity index (χ2n) is 4.89. The van der Waals surface area contributed by atoms with Gasteiger partial charge in [-0.05, 0) is 43.0 Å². The fourth-order valence-electron chi connectivity index (χ4n) is 2.70. The van der Waals surface area contributed by atoms with Crippen LogP contribution in [0, 0.1) is 0 Å². The van der Waals surface area contributed by atoms with E-state index >= 15 is 0 Å². The highest BCUT2D eigenvalue weighted by atomic mass is 15.2. The molecule has 0 spiro atoms. The lowest BCUT2D eigenvalue weighted by Gasteiger charge is -2.32. The number of pyridine rings is 1. The molecule has 0 aromatic carbocycles. The second kappa shape index (κ2) is 5.31. The number of likely N-dealkylation sites (tertiary alicyclic amines) is 1. The Bertz CT molecular complexity index is 466. The van der Waals surface area contributed by atoms with Crippen molar-refractivity contribution in [2.45, 2.75) is 25.3 Å². The van der Waals surface area contributed by atoms with Gasteiger partial charge in [0.2, 0.25) is 0 Å². The molecular weight excluding hydrogens is 224 g/mol. The average molecular weight is 242 g/mol. The highest BCUT2D eigenvalue weighted by Crippen LogP contribution is 2.26. The van der Waals surface area contributed by atoms with Gasteiger partial charge >= 0.3 is 0 Å². The number of imidazole rings is 1. The number of hydrogen-bond donors (Lipinski definition) is 1. The first kappa shape index (κ1) is 11.4. The van der Waals surface area contributed by atoms with E-state index in [1.54, 1.807) is 0 Å². The molecule has 2 aromatic rings. The monoisotopic (exact) mass is 242 g/mol. The van der Waals surface area contributed by atoms with Crippen LogP contribution in [-0.4, -0.2) is 32.9 Å².